The van der Waals surface area contributed by atoms with Crippen molar-refractivity contribution in [2.24, 2.45) is 17.8 Å². The second kappa shape index (κ2) is 10.1. The van der Waals surface area contributed by atoms with Crippen molar-refractivity contribution in [2.45, 2.75) is 85.0 Å². The monoisotopic (exact) mass is 370 g/mol. The van der Waals surface area contributed by atoms with E-state index in [-0.39, 0.29) is 31.0 Å². The molecule has 1 aliphatic rings. The zero-order valence-electron chi connectivity index (χ0n) is 17.6. The highest BCUT2D eigenvalue weighted by Gasteiger charge is 2.32. The Kier molecular flexibility index (Phi) is 8.87. The lowest BCUT2D eigenvalue weighted by molar-refractivity contribution is -0.125. The van der Waals surface area contributed by atoms with Gasteiger partial charge in [-0.2, -0.15) is 0 Å². The molecule has 1 fully saturated rings. The molecule has 0 radical (unpaired) electrons. The summed E-state index contributed by atoms with van der Waals surface area (Å²) in [7, 11) is 1.55. The molecule has 0 aromatic rings. The summed E-state index contributed by atoms with van der Waals surface area (Å²) in [5, 5.41) is 5.88. The van der Waals surface area contributed by atoms with Gasteiger partial charge in [0, 0.05) is 19.7 Å². The molecule has 0 aliphatic heterocycles. The molecule has 0 saturated heterocycles. The fourth-order valence-electron chi connectivity index (χ4n) is 3.59. The lowest BCUT2D eigenvalue weighted by Gasteiger charge is -2.38. The minimum Gasteiger partial charge on any atom is -0.444 e. The number of amides is 2. The molecule has 0 bridgehead atoms. The number of carbonyl (C=O) groups excluding carboxylic acids is 2. The Morgan fingerprint density at radius 3 is 2.38 bits per heavy atom. The van der Waals surface area contributed by atoms with Crippen LogP contribution in [0.25, 0.3) is 0 Å². The standard InChI is InChI=1S/C20H38N2O4/c1-13(2)16-9-8-14(3)10-17(16)22-18(23)11-15(25-7)12-21-19(24)26-20(4,5)6/h13-17H,8-12H2,1-7H3,(H,21,24)(H,22,23)/t14-,15+,16-,17-/m1/s1. The first-order valence-corrected chi connectivity index (χ1v) is 9.80. The summed E-state index contributed by atoms with van der Waals surface area (Å²) in [5.41, 5.74) is -0.548. The van der Waals surface area contributed by atoms with Crippen LogP contribution in [0.5, 0.6) is 0 Å². The van der Waals surface area contributed by atoms with Gasteiger partial charge in [-0.05, 0) is 51.4 Å². The summed E-state index contributed by atoms with van der Waals surface area (Å²) in [6.45, 7) is 12.4. The highest BCUT2D eigenvalue weighted by molar-refractivity contribution is 5.77. The lowest BCUT2D eigenvalue weighted by Crippen LogP contribution is -2.47. The van der Waals surface area contributed by atoms with Gasteiger partial charge >= 0.3 is 6.09 Å². The fraction of sp³-hybridized carbons (Fsp3) is 0.900. The first-order valence-electron chi connectivity index (χ1n) is 9.80. The van der Waals surface area contributed by atoms with Gasteiger partial charge in [0.15, 0.2) is 0 Å². The molecule has 1 saturated carbocycles. The van der Waals surface area contributed by atoms with Gasteiger partial charge in [-0.1, -0.05) is 27.2 Å². The second-order valence-electron chi connectivity index (χ2n) is 8.94. The topological polar surface area (TPSA) is 76.7 Å². The smallest absolute Gasteiger partial charge is 0.407 e. The van der Waals surface area contributed by atoms with E-state index in [2.05, 4.69) is 31.4 Å². The van der Waals surface area contributed by atoms with Gasteiger partial charge in [0.25, 0.3) is 0 Å². The quantitative estimate of drug-likeness (QED) is 0.719. The summed E-state index contributed by atoms with van der Waals surface area (Å²) in [6.07, 6.45) is 2.78. The molecule has 0 heterocycles. The molecule has 6 heteroatoms. The summed E-state index contributed by atoms with van der Waals surface area (Å²) in [5.74, 6) is 1.70. The van der Waals surface area contributed by atoms with Crippen molar-refractivity contribution in [1.29, 1.82) is 0 Å². The predicted molar refractivity (Wildman–Crippen MR) is 103 cm³/mol. The highest BCUT2D eigenvalue weighted by atomic mass is 16.6. The SMILES string of the molecule is CO[C@H](CNC(=O)OC(C)(C)C)CC(=O)N[C@@H]1C[C@H](C)CC[C@@H]1C(C)C. The third-order valence-electron chi connectivity index (χ3n) is 4.99. The van der Waals surface area contributed by atoms with E-state index in [4.69, 9.17) is 9.47 Å². The van der Waals surface area contributed by atoms with Gasteiger partial charge in [0.1, 0.15) is 5.60 Å². The zero-order valence-corrected chi connectivity index (χ0v) is 17.6. The largest absolute Gasteiger partial charge is 0.444 e. The van der Waals surface area contributed by atoms with Gasteiger partial charge in [0.05, 0.1) is 12.5 Å². The Morgan fingerprint density at radius 2 is 1.85 bits per heavy atom. The Bertz CT molecular complexity index is 459. The van der Waals surface area contributed by atoms with Crippen LogP contribution >= 0.6 is 0 Å². The predicted octanol–water partition coefficient (Wildman–Crippen LogP) is 3.49. The average Bonchev–Trinajstić information content (AvgIpc) is 2.49. The number of alkyl carbamates (subject to hydrolysis) is 1. The molecule has 6 nitrogen and oxygen atoms in total. The van der Waals surface area contributed by atoms with Crippen LogP contribution in [-0.2, 0) is 14.3 Å². The summed E-state index contributed by atoms with van der Waals surface area (Å²) >= 11 is 0. The van der Waals surface area contributed by atoms with Crippen molar-refractivity contribution in [3.63, 3.8) is 0 Å². The maximum Gasteiger partial charge on any atom is 0.407 e. The Labute approximate surface area is 158 Å². The van der Waals surface area contributed by atoms with Gasteiger partial charge in [-0.15, -0.1) is 0 Å². The molecule has 0 aromatic carbocycles. The van der Waals surface area contributed by atoms with E-state index in [1.807, 2.05) is 20.8 Å². The van der Waals surface area contributed by atoms with Crippen LogP contribution in [0, 0.1) is 17.8 Å². The van der Waals surface area contributed by atoms with Crippen molar-refractivity contribution in [1.82, 2.24) is 10.6 Å². The van der Waals surface area contributed by atoms with E-state index in [0.717, 1.165) is 12.8 Å². The van der Waals surface area contributed by atoms with Crippen LogP contribution < -0.4 is 10.6 Å². The molecule has 152 valence electrons. The molecule has 0 aromatic heterocycles. The summed E-state index contributed by atoms with van der Waals surface area (Å²) < 4.78 is 10.6. The molecule has 2 amide bonds. The third kappa shape index (κ3) is 8.39. The lowest BCUT2D eigenvalue weighted by atomic mass is 9.74. The van der Waals surface area contributed by atoms with Crippen molar-refractivity contribution in [3.8, 4) is 0 Å². The van der Waals surface area contributed by atoms with Crippen LogP contribution in [0.2, 0.25) is 0 Å². The number of hydrogen-bond donors (Lipinski definition) is 2. The first-order chi connectivity index (χ1) is 12.0. The van der Waals surface area contributed by atoms with Crippen molar-refractivity contribution >= 4 is 12.0 Å². The van der Waals surface area contributed by atoms with Crippen LogP contribution in [-0.4, -0.2) is 43.4 Å². The van der Waals surface area contributed by atoms with Gasteiger partial charge in [-0.3, -0.25) is 4.79 Å². The van der Waals surface area contributed by atoms with Gasteiger partial charge < -0.3 is 20.1 Å². The first kappa shape index (κ1) is 22.7. The third-order valence-corrected chi connectivity index (χ3v) is 4.99. The minimum atomic E-state index is -0.548. The number of carbonyl (C=O) groups is 2. The molecular weight excluding hydrogens is 332 g/mol. The van der Waals surface area contributed by atoms with E-state index in [0.29, 0.717) is 17.8 Å². The summed E-state index contributed by atoms with van der Waals surface area (Å²) in [6, 6.07) is 0.225. The number of rotatable bonds is 7. The van der Waals surface area contributed by atoms with E-state index >= 15 is 0 Å². The van der Waals surface area contributed by atoms with Crippen LogP contribution in [0.4, 0.5) is 4.79 Å². The Hall–Kier alpha value is -1.30. The molecular formula is C20H38N2O4. The van der Waals surface area contributed by atoms with Crippen molar-refractivity contribution < 1.29 is 19.1 Å². The van der Waals surface area contributed by atoms with E-state index in [1.165, 1.54) is 6.42 Å². The molecule has 2 N–H and O–H groups in total. The maximum absolute atomic E-state index is 12.5. The highest BCUT2D eigenvalue weighted by Crippen LogP contribution is 2.33. The molecule has 0 unspecified atom stereocenters. The summed E-state index contributed by atoms with van der Waals surface area (Å²) in [4.78, 5) is 24.2. The molecule has 1 aliphatic carbocycles. The molecule has 26 heavy (non-hydrogen) atoms. The normalized spacial score (nSPS) is 24.8. The molecule has 0 spiro atoms. The molecule has 1 rings (SSSR count). The zero-order chi connectivity index (χ0) is 19.9. The van der Waals surface area contributed by atoms with Crippen LogP contribution in [0.1, 0.15) is 67.2 Å². The Morgan fingerprint density at radius 1 is 1.19 bits per heavy atom. The molecule has 4 atom stereocenters. The van der Waals surface area contributed by atoms with E-state index in [9.17, 15) is 9.59 Å². The van der Waals surface area contributed by atoms with E-state index < -0.39 is 11.7 Å². The number of nitrogens with one attached hydrogen (secondary N) is 2. The number of hydrogen-bond acceptors (Lipinski definition) is 4. The average molecular weight is 371 g/mol. The number of methoxy groups -OCH3 is 1. The van der Waals surface area contributed by atoms with Crippen LogP contribution in [0.3, 0.4) is 0 Å². The minimum absolute atomic E-state index is 0.0208. The second-order valence-corrected chi connectivity index (χ2v) is 8.94. The van der Waals surface area contributed by atoms with Crippen molar-refractivity contribution in [3.05, 3.63) is 0 Å². The van der Waals surface area contributed by atoms with Gasteiger partial charge in [0.2, 0.25) is 5.91 Å². The van der Waals surface area contributed by atoms with Crippen LogP contribution in [0.15, 0.2) is 0 Å². The van der Waals surface area contributed by atoms with Crippen molar-refractivity contribution in [2.75, 3.05) is 13.7 Å². The maximum atomic E-state index is 12.5. The number of ether oxygens (including phenoxy) is 2. The van der Waals surface area contributed by atoms with E-state index in [1.54, 1.807) is 7.11 Å². The Balaban J connectivity index is 2.48. The fourth-order valence-corrected chi connectivity index (χ4v) is 3.59. The van der Waals surface area contributed by atoms with Gasteiger partial charge in [-0.25, -0.2) is 4.79 Å².